The monoisotopic (exact) mass is 317 g/mol. The Hall–Kier alpha value is -1.82. The molecule has 0 atom stereocenters. The second-order valence-electron chi connectivity index (χ2n) is 6.18. The van der Waals surface area contributed by atoms with Crippen LogP contribution in [0.2, 0.25) is 0 Å². The zero-order chi connectivity index (χ0) is 14.9. The second kappa shape index (κ2) is 5.76. The molecular formula is C16H19N3O2S. The van der Waals surface area contributed by atoms with E-state index >= 15 is 0 Å². The number of anilines is 1. The summed E-state index contributed by atoms with van der Waals surface area (Å²) in [6.45, 7) is 1.64. The summed E-state index contributed by atoms with van der Waals surface area (Å²) in [5.41, 5.74) is 2.47. The Bertz CT molecular complexity index is 659. The predicted octanol–water partition coefficient (Wildman–Crippen LogP) is 3.32. The van der Waals surface area contributed by atoms with Crippen LogP contribution in [0.25, 0.3) is 0 Å². The number of thiophene rings is 1. The predicted molar refractivity (Wildman–Crippen MR) is 85.2 cm³/mol. The van der Waals surface area contributed by atoms with Gasteiger partial charge in [0.05, 0.1) is 0 Å². The van der Waals surface area contributed by atoms with Gasteiger partial charge in [0.25, 0.3) is 0 Å². The fourth-order valence-corrected chi connectivity index (χ4v) is 3.95. The first-order valence-corrected chi connectivity index (χ1v) is 8.78. The van der Waals surface area contributed by atoms with Crippen LogP contribution in [0.5, 0.6) is 0 Å². The molecule has 6 heteroatoms. The Balaban J connectivity index is 1.31. The van der Waals surface area contributed by atoms with E-state index in [1.54, 1.807) is 11.3 Å². The molecule has 0 saturated carbocycles. The van der Waals surface area contributed by atoms with E-state index in [2.05, 4.69) is 27.3 Å². The number of hydrogen-bond acceptors (Lipinski definition) is 4. The molecule has 0 bridgehead atoms. The van der Waals surface area contributed by atoms with E-state index in [0.717, 1.165) is 56.5 Å². The summed E-state index contributed by atoms with van der Waals surface area (Å²) in [7, 11) is 0. The summed E-state index contributed by atoms with van der Waals surface area (Å²) in [4.78, 5) is 14.1. The fourth-order valence-electron chi connectivity index (χ4n) is 3.27. The number of fused-ring (bicyclic) bond motifs is 1. The van der Waals surface area contributed by atoms with Gasteiger partial charge in [-0.2, -0.15) is 11.3 Å². The van der Waals surface area contributed by atoms with Gasteiger partial charge < -0.3 is 9.42 Å². The molecule has 116 valence electrons. The van der Waals surface area contributed by atoms with Gasteiger partial charge in [-0.3, -0.25) is 5.32 Å². The molecule has 1 aliphatic carbocycles. The maximum atomic E-state index is 12.3. The number of carbonyl (C=O) groups excluding carboxylic acids is 1. The van der Waals surface area contributed by atoms with Crippen molar-refractivity contribution in [3.63, 3.8) is 0 Å². The second-order valence-corrected chi connectivity index (χ2v) is 6.96. The number of carbonyl (C=O) groups is 1. The van der Waals surface area contributed by atoms with E-state index in [4.69, 9.17) is 4.52 Å². The molecule has 1 saturated heterocycles. The molecule has 0 aromatic carbocycles. The first kappa shape index (κ1) is 13.8. The van der Waals surface area contributed by atoms with Gasteiger partial charge in [0, 0.05) is 25.1 Å². The minimum atomic E-state index is -0.0526. The molecule has 4 rings (SSSR count). The van der Waals surface area contributed by atoms with Crippen molar-refractivity contribution in [3.05, 3.63) is 33.7 Å². The number of hydrogen-bond donors (Lipinski definition) is 1. The Morgan fingerprint density at radius 1 is 1.41 bits per heavy atom. The van der Waals surface area contributed by atoms with Crippen molar-refractivity contribution in [3.8, 4) is 0 Å². The van der Waals surface area contributed by atoms with Gasteiger partial charge in [0.2, 0.25) is 0 Å². The minimum absolute atomic E-state index is 0.0526. The van der Waals surface area contributed by atoms with Crippen molar-refractivity contribution >= 4 is 23.2 Å². The number of nitrogens with zero attached hydrogens (tertiary/aromatic N) is 2. The van der Waals surface area contributed by atoms with Crippen molar-refractivity contribution in [1.29, 1.82) is 0 Å². The molecule has 0 spiro atoms. The van der Waals surface area contributed by atoms with E-state index in [1.165, 1.54) is 5.56 Å². The number of likely N-dealkylation sites (tertiary alicyclic amines) is 1. The molecule has 2 aromatic heterocycles. The van der Waals surface area contributed by atoms with Gasteiger partial charge in [-0.25, -0.2) is 4.79 Å². The molecule has 2 amide bonds. The molecule has 22 heavy (non-hydrogen) atoms. The molecule has 3 heterocycles. The molecular weight excluding hydrogens is 298 g/mol. The van der Waals surface area contributed by atoms with E-state index in [-0.39, 0.29) is 6.03 Å². The highest BCUT2D eigenvalue weighted by molar-refractivity contribution is 7.07. The average molecular weight is 317 g/mol. The van der Waals surface area contributed by atoms with Crippen LogP contribution >= 0.6 is 11.3 Å². The summed E-state index contributed by atoms with van der Waals surface area (Å²) in [5, 5.41) is 11.2. The first-order chi connectivity index (χ1) is 10.8. The minimum Gasteiger partial charge on any atom is -0.359 e. The summed E-state index contributed by atoms with van der Waals surface area (Å²) >= 11 is 1.73. The third kappa shape index (κ3) is 2.63. The van der Waals surface area contributed by atoms with E-state index < -0.39 is 0 Å². The summed E-state index contributed by atoms with van der Waals surface area (Å²) in [6, 6.07) is 2.11. The van der Waals surface area contributed by atoms with Crippen molar-refractivity contribution in [2.24, 2.45) is 5.92 Å². The maximum Gasteiger partial charge on any atom is 0.323 e. The van der Waals surface area contributed by atoms with E-state index in [0.29, 0.717) is 11.7 Å². The molecule has 0 unspecified atom stereocenters. The molecule has 1 fully saturated rings. The first-order valence-electron chi connectivity index (χ1n) is 7.84. The van der Waals surface area contributed by atoms with Crippen LogP contribution in [-0.2, 0) is 19.3 Å². The van der Waals surface area contributed by atoms with Crippen molar-refractivity contribution < 1.29 is 9.32 Å². The largest absolute Gasteiger partial charge is 0.359 e. The number of nitrogens with one attached hydrogen (secondary N) is 1. The Morgan fingerprint density at radius 2 is 2.27 bits per heavy atom. The topological polar surface area (TPSA) is 58.4 Å². The van der Waals surface area contributed by atoms with Gasteiger partial charge in [-0.05, 0) is 54.0 Å². The van der Waals surface area contributed by atoms with Crippen LogP contribution in [0.4, 0.5) is 10.6 Å². The number of aryl methyl sites for hydroxylation is 1. The third-order valence-corrected chi connectivity index (χ3v) is 5.26. The van der Waals surface area contributed by atoms with Crippen LogP contribution < -0.4 is 5.32 Å². The molecule has 2 aromatic rings. The number of urea groups is 1. The lowest BCUT2D eigenvalue weighted by Crippen LogP contribution is -2.52. The highest BCUT2D eigenvalue weighted by Gasteiger charge is 2.32. The van der Waals surface area contributed by atoms with Crippen LogP contribution in [0, 0.1) is 5.92 Å². The highest BCUT2D eigenvalue weighted by atomic mass is 32.1. The number of rotatable bonds is 3. The van der Waals surface area contributed by atoms with Gasteiger partial charge in [-0.1, -0.05) is 5.16 Å². The van der Waals surface area contributed by atoms with Crippen molar-refractivity contribution in [2.75, 3.05) is 18.4 Å². The van der Waals surface area contributed by atoms with Crippen molar-refractivity contribution in [2.45, 2.75) is 32.1 Å². The van der Waals surface area contributed by atoms with Crippen LogP contribution in [0.15, 0.2) is 21.3 Å². The van der Waals surface area contributed by atoms with Gasteiger partial charge in [-0.15, -0.1) is 0 Å². The fraction of sp³-hybridized carbons (Fsp3) is 0.500. The molecule has 2 aliphatic rings. The van der Waals surface area contributed by atoms with Crippen LogP contribution in [-0.4, -0.2) is 29.2 Å². The smallest absolute Gasteiger partial charge is 0.323 e. The van der Waals surface area contributed by atoms with Gasteiger partial charge in [0.15, 0.2) is 5.82 Å². The van der Waals surface area contributed by atoms with Crippen LogP contribution in [0.3, 0.4) is 0 Å². The molecule has 0 radical (unpaired) electrons. The Kier molecular flexibility index (Phi) is 3.62. The lowest BCUT2D eigenvalue weighted by atomic mass is 9.94. The molecule has 1 aliphatic heterocycles. The van der Waals surface area contributed by atoms with E-state index in [1.807, 2.05) is 4.90 Å². The van der Waals surface area contributed by atoms with Crippen LogP contribution in [0.1, 0.15) is 29.7 Å². The number of amides is 2. The third-order valence-electron chi connectivity index (χ3n) is 4.52. The number of aromatic nitrogens is 1. The maximum absolute atomic E-state index is 12.3. The lowest BCUT2D eigenvalue weighted by molar-refractivity contribution is 0.131. The Labute approximate surface area is 133 Å². The average Bonchev–Trinajstić information content (AvgIpc) is 3.12. The van der Waals surface area contributed by atoms with Gasteiger partial charge in [0.1, 0.15) is 5.76 Å². The standard InChI is InChI=1S/C16H19N3O2S/c20-16(17-15-13-3-1-2-4-14(13)21-18-15)19-8-12(9-19)7-11-5-6-22-10-11/h5-6,10,12H,1-4,7-9H2,(H,17,18,20). The highest BCUT2D eigenvalue weighted by Crippen LogP contribution is 2.28. The molecule has 5 nitrogen and oxygen atoms in total. The zero-order valence-electron chi connectivity index (χ0n) is 12.4. The zero-order valence-corrected chi connectivity index (χ0v) is 13.2. The summed E-state index contributed by atoms with van der Waals surface area (Å²) < 4.78 is 5.33. The van der Waals surface area contributed by atoms with Gasteiger partial charge >= 0.3 is 6.03 Å². The SMILES string of the molecule is O=C(Nc1noc2c1CCCC2)N1CC(Cc2ccsc2)C1. The van der Waals surface area contributed by atoms with E-state index in [9.17, 15) is 4.79 Å². The summed E-state index contributed by atoms with van der Waals surface area (Å²) in [5.74, 6) is 2.15. The molecule has 1 N–H and O–H groups in total. The normalized spacial score (nSPS) is 17.9. The van der Waals surface area contributed by atoms with Crippen molar-refractivity contribution in [1.82, 2.24) is 10.1 Å². The quantitative estimate of drug-likeness (QED) is 0.944. The summed E-state index contributed by atoms with van der Waals surface area (Å²) in [6.07, 6.45) is 5.24. The Morgan fingerprint density at radius 3 is 3.09 bits per heavy atom. The lowest BCUT2D eigenvalue weighted by Gasteiger charge is -2.39.